The first-order valence-electron chi connectivity index (χ1n) is 8.69. The Balaban J connectivity index is 1.60. The summed E-state index contributed by atoms with van der Waals surface area (Å²) in [6.07, 6.45) is 3.64. The number of halogens is 2. The van der Waals surface area contributed by atoms with Gasteiger partial charge in [-0.1, -0.05) is 25.1 Å². The molecule has 0 aliphatic carbocycles. The molecule has 3 rings (SSSR count). The van der Waals surface area contributed by atoms with Crippen LogP contribution in [0.15, 0.2) is 53.0 Å². The lowest BCUT2D eigenvalue weighted by molar-refractivity contribution is -0.121. The highest BCUT2D eigenvalue weighted by atomic mass is 19.2. The molecule has 0 bridgehead atoms. The minimum absolute atomic E-state index is 0.103. The third kappa shape index (κ3) is 4.43. The number of rotatable bonds is 6. The third-order valence-corrected chi connectivity index (χ3v) is 4.06. The predicted octanol–water partition coefficient (Wildman–Crippen LogP) is 4.04. The second-order valence-corrected chi connectivity index (χ2v) is 6.02. The number of nitrogens with one attached hydrogen (secondary N) is 2. The Morgan fingerprint density at radius 1 is 1.11 bits per heavy atom. The van der Waals surface area contributed by atoms with Crippen molar-refractivity contribution in [3.63, 3.8) is 0 Å². The Morgan fingerprint density at radius 2 is 1.89 bits per heavy atom. The van der Waals surface area contributed by atoms with Crippen LogP contribution in [-0.4, -0.2) is 18.4 Å². The summed E-state index contributed by atoms with van der Waals surface area (Å²) >= 11 is 0. The summed E-state index contributed by atoms with van der Waals surface area (Å²) < 4.78 is 31.8. The zero-order valence-corrected chi connectivity index (χ0v) is 15.1. The van der Waals surface area contributed by atoms with Gasteiger partial charge in [0.15, 0.2) is 11.6 Å². The smallest absolute Gasteiger partial charge is 0.244 e. The van der Waals surface area contributed by atoms with E-state index in [0.29, 0.717) is 6.42 Å². The number of carbonyl (C=O) groups excluding carboxylic acids is 2. The van der Waals surface area contributed by atoms with Crippen molar-refractivity contribution >= 4 is 34.5 Å². The van der Waals surface area contributed by atoms with E-state index in [9.17, 15) is 18.4 Å². The summed E-state index contributed by atoms with van der Waals surface area (Å²) in [5.74, 6) is -2.33. The fourth-order valence-electron chi connectivity index (χ4n) is 2.73. The summed E-state index contributed by atoms with van der Waals surface area (Å²) in [5.41, 5.74) is 1.66. The molecule has 0 radical (unpaired) electrons. The maximum absolute atomic E-state index is 13.1. The van der Waals surface area contributed by atoms with Gasteiger partial charge >= 0.3 is 0 Å². The Morgan fingerprint density at radius 3 is 2.64 bits per heavy atom. The molecule has 1 aromatic heterocycles. The summed E-state index contributed by atoms with van der Waals surface area (Å²) in [7, 11) is 0. The molecule has 144 valence electrons. The van der Waals surface area contributed by atoms with Crippen molar-refractivity contribution in [2.45, 2.75) is 13.3 Å². The van der Waals surface area contributed by atoms with Crippen LogP contribution in [0, 0.1) is 11.6 Å². The third-order valence-electron chi connectivity index (χ3n) is 4.06. The summed E-state index contributed by atoms with van der Waals surface area (Å²) in [5, 5.41) is 5.72. The molecular formula is C21H18F2N2O3. The van der Waals surface area contributed by atoms with E-state index in [2.05, 4.69) is 10.6 Å². The Kier molecular flexibility index (Phi) is 5.84. The van der Waals surface area contributed by atoms with Gasteiger partial charge in [0.05, 0.1) is 6.54 Å². The van der Waals surface area contributed by atoms with Gasteiger partial charge in [0.25, 0.3) is 0 Å². The number of hydrogen-bond acceptors (Lipinski definition) is 3. The van der Waals surface area contributed by atoms with E-state index in [1.165, 1.54) is 12.1 Å². The first-order valence-corrected chi connectivity index (χ1v) is 8.69. The van der Waals surface area contributed by atoms with Crippen molar-refractivity contribution in [3.8, 4) is 0 Å². The van der Waals surface area contributed by atoms with Crippen LogP contribution in [0.5, 0.6) is 0 Å². The first kappa shape index (κ1) is 19.3. The summed E-state index contributed by atoms with van der Waals surface area (Å²) in [6.45, 7) is 1.65. The van der Waals surface area contributed by atoms with Crippen LogP contribution < -0.4 is 10.6 Å². The maximum atomic E-state index is 13.1. The standard InChI is InChI=1S/C21H18F2N2O3/c1-2-18-15(14-5-3-4-6-19(14)28-18)8-10-20(26)24-12-21(27)25-13-7-9-16(22)17(23)11-13/h3-11H,2,12H2,1H3,(H,24,26)(H,25,27)/b10-8+. The van der Waals surface area contributed by atoms with E-state index < -0.39 is 23.4 Å². The van der Waals surface area contributed by atoms with Gasteiger partial charge in [-0.3, -0.25) is 9.59 Å². The van der Waals surface area contributed by atoms with Gasteiger partial charge < -0.3 is 15.1 Å². The quantitative estimate of drug-likeness (QED) is 0.630. The van der Waals surface area contributed by atoms with Gasteiger partial charge in [-0.15, -0.1) is 0 Å². The van der Waals surface area contributed by atoms with Crippen LogP contribution in [0.4, 0.5) is 14.5 Å². The average Bonchev–Trinajstić information content (AvgIpc) is 3.05. The molecule has 0 aliphatic heterocycles. The number of carbonyl (C=O) groups is 2. The highest BCUT2D eigenvalue weighted by Crippen LogP contribution is 2.27. The molecule has 0 saturated carbocycles. The highest BCUT2D eigenvalue weighted by molar-refractivity contribution is 5.99. The zero-order valence-electron chi connectivity index (χ0n) is 15.1. The summed E-state index contributed by atoms with van der Waals surface area (Å²) in [4.78, 5) is 23.9. The van der Waals surface area contributed by atoms with Gasteiger partial charge in [-0.2, -0.15) is 0 Å². The normalized spacial score (nSPS) is 11.1. The van der Waals surface area contributed by atoms with Gasteiger partial charge in [-0.05, 0) is 24.3 Å². The minimum atomic E-state index is -1.07. The maximum Gasteiger partial charge on any atom is 0.244 e. The van der Waals surface area contributed by atoms with E-state index in [1.807, 2.05) is 31.2 Å². The Bertz CT molecular complexity index is 1060. The van der Waals surface area contributed by atoms with E-state index in [1.54, 1.807) is 6.08 Å². The molecule has 1 heterocycles. The Labute approximate surface area is 160 Å². The molecule has 0 fully saturated rings. The SMILES string of the molecule is CCc1oc2ccccc2c1/C=C/C(=O)NCC(=O)Nc1ccc(F)c(F)c1. The number of amides is 2. The lowest BCUT2D eigenvalue weighted by atomic mass is 10.1. The average molecular weight is 384 g/mol. The van der Waals surface area contributed by atoms with E-state index >= 15 is 0 Å². The fourth-order valence-corrected chi connectivity index (χ4v) is 2.73. The molecule has 2 aromatic carbocycles. The number of aryl methyl sites for hydroxylation is 1. The number of benzene rings is 2. The summed E-state index contributed by atoms with van der Waals surface area (Å²) in [6, 6.07) is 10.5. The predicted molar refractivity (Wildman–Crippen MR) is 103 cm³/mol. The van der Waals surface area contributed by atoms with Crippen molar-refractivity contribution in [2.24, 2.45) is 0 Å². The molecule has 2 amide bonds. The lowest BCUT2D eigenvalue weighted by Crippen LogP contribution is -2.31. The second-order valence-electron chi connectivity index (χ2n) is 6.02. The van der Waals surface area contributed by atoms with Crippen LogP contribution >= 0.6 is 0 Å². The van der Waals surface area contributed by atoms with Crippen molar-refractivity contribution in [1.29, 1.82) is 0 Å². The van der Waals surface area contributed by atoms with E-state index in [4.69, 9.17) is 4.42 Å². The van der Waals surface area contributed by atoms with Crippen LogP contribution in [0.1, 0.15) is 18.2 Å². The molecule has 2 N–H and O–H groups in total. The number of furan rings is 1. The Hall–Kier alpha value is -3.48. The highest BCUT2D eigenvalue weighted by Gasteiger charge is 2.11. The zero-order chi connectivity index (χ0) is 20.1. The van der Waals surface area contributed by atoms with Gasteiger partial charge in [0.2, 0.25) is 11.8 Å². The topological polar surface area (TPSA) is 71.3 Å². The van der Waals surface area contributed by atoms with Crippen LogP contribution in [0.2, 0.25) is 0 Å². The molecule has 5 nitrogen and oxygen atoms in total. The number of fused-ring (bicyclic) bond motifs is 1. The minimum Gasteiger partial charge on any atom is -0.460 e. The van der Waals surface area contributed by atoms with Crippen molar-refractivity contribution < 1.29 is 22.8 Å². The fraction of sp³-hybridized carbons (Fsp3) is 0.143. The second kappa shape index (κ2) is 8.47. The number of para-hydroxylation sites is 1. The molecule has 0 spiro atoms. The molecule has 7 heteroatoms. The molecule has 0 aliphatic rings. The number of hydrogen-bond donors (Lipinski definition) is 2. The van der Waals surface area contributed by atoms with Gasteiger partial charge in [0.1, 0.15) is 11.3 Å². The number of anilines is 1. The van der Waals surface area contributed by atoms with Crippen molar-refractivity contribution in [1.82, 2.24) is 5.32 Å². The molecule has 0 saturated heterocycles. The lowest BCUT2D eigenvalue weighted by Gasteiger charge is -2.06. The van der Waals surface area contributed by atoms with Gasteiger partial charge in [-0.25, -0.2) is 8.78 Å². The monoisotopic (exact) mass is 384 g/mol. The largest absolute Gasteiger partial charge is 0.460 e. The molecular weight excluding hydrogens is 366 g/mol. The molecule has 0 unspecified atom stereocenters. The van der Waals surface area contributed by atoms with Gasteiger partial charge in [0, 0.05) is 35.2 Å². The van der Waals surface area contributed by atoms with E-state index in [-0.39, 0.29) is 12.2 Å². The molecule has 0 atom stereocenters. The van der Waals surface area contributed by atoms with E-state index in [0.717, 1.165) is 34.4 Å². The van der Waals surface area contributed by atoms with Crippen molar-refractivity contribution in [3.05, 3.63) is 71.5 Å². The molecule has 28 heavy (non-hydrogen) atoms. The van der Waals surface area contributed by atoms with Crippen LogP contribution in [0.25, 0.3) is 17.0 Å². The molecule has 3 aromatic rings. The van der Waals surface area contributed by atoms with Crippen molar-refractivity contribution in [2.75, 3.05) is 11.9 Å². The first-order chi connectivity index (χ1) is 13.5. The van der Waals surface area contributed by atoms with Crippen LogP contribution in [0.3, 0.4) is 0 Å². The van der Waals surface area contributed by atoms with Crippen LogP contribution in [-0.2, 0) is 16.0 Å².